The van der Waals surface area contributed by atoms with E-state index in [1.807, 2.05) is 13.0 Å². The Balaban J connectivity index is 1.88. The molecule has 1 amide bonds. The van der Waals surface area contributed by atoms with E-state index in [0.29, 0.717) is 11.5 Å². The van der Waals surface area contributed by atoms with Crippen molar-refractivity contribution in [3.05, 3.63) is 24.0 Å². The first-order valence-corrected chi connectivity index (χ1v) is 7.66. The zero-order valence-electron chi connectivity index (χ0n) is 12.5. The van der Waals surface area contributed by atoms with Crippen LogP contribution in [0.3, 0.4) is 0 Å². The number of nitrogens with zero attached hydrogens (tertiary/aromatic N) is 1. The average molecular weight is 275 g/mol. The first kappa shape index (κ1) is 14.8. The van der Waals surface area contributed by atoms with Crippen LogP contribution in [-0.2, 0) is 0 Å². The molecule has 0 aliphatic heterocycles. The quantitative estimate of drug-likeness (QED) is 0.868. The maximum Gasteiger partial charge on any atom is 0.254 e. The van der Waals surface area contributed by atoms with Gasteiger partial charge >= 0.3 is 0 Å². The molecule has 2 N–H and O–H groups in total. The van der Waals surface area contributed by atoms with Crippen molar-refractivity contribution in [3.8, 4) is 0 Å². The van der Waals surface area contributed by atoms with E-state index in [-0.39, 0.29) is 5.91 Å². The van der Waals surface area contributed by atoms with Crippen LogP contribution in [0, 0.1) is 11.8 Å². The molecule has 2 rings (SSSR count). The summed E-state index contributed by atoms with van der Waals surface area (Å²) in [6.07, 6.45) is 8.38. The Morgan fingerprint density at radius 1 is 1.35 bits per heavy atom. The number of hydrogen-bond acceptors (Lipinski definition) is 3. The summed E-state index contributed by atoms with van der Waals surface area (Å²) >= 11 is 0. The van der Waals surface area contributed by atoms with Crippen molar-refractivity contribution < 1.29 is 4.79 Å². The third kappa shape index (κ3) is 3.95. The molecule has 1 aromatic rings. The second-order valence-electron chi connectivity index (χ2n) is 5.79. The van der Waals surface area contributed by atoms with Gasteiger partial charge in [-0.3, -0.25) is 9.78 Å². The molecule has 4 nitrogen and oxygen atoms in total. The van der Waals surface area contributed by atoms with Crippen LogP contribution in [0.1, 0.15) is 49.9 Å². The van der Waals surface area contributed by atoms with Gasteiger partial charge in [-0.2, -0.15) is 0 Å². The highest BCUT2D eigenvalue weighted by molar-refractivity contribution is 5.99. The molecule has 0 bridgehead atoms. The molecule has 1 fully saturated rings. The molecule has 0 aromatic carbocycles. The number of amides is 1. The highest BCUT2D eigenvalue weighted by atomic mass is 16.1. The number of nitrogens with one attached hydrogen (secondary N) is 2. The van der Waals surface area contributed by atoms with Gasteiger partial charge in [0, 0.05) is 25.5 Å². The summed E-state index contributed by atoms with van der Waals surface area (Å²) in [5.74, 6) is 1.46. The Bertz CT molecular complexity index is 439. The molecule has 0 unspecified atom stereocenters. The monoisotopic (exact) mass is 275 g/mol. The van der Waals surface area contributed by atoms with E-state index < -0.39 is 0 Å². The highest BCUT2D eigenvalue weighted by Crippen LogP contribution is 2.27. The van der Waals surface area contributed by atoms with Crippen LogP contribution in [-0.4, -0.2) is 24.0 Å². The molecule has 0 atom stereocenters. The third-order valence-corrected chi connectivity index (χ3v) is 4.12. The van der Waals surface area contributed by atoms with Gasteiger partial charge in [-0.25, -0.2) is 0 Å². The van der Waals surface area contributed by atoms with E-state index in [1.165, 1.54) is 25.7 Å². The smallest absolute Gasteiger partial charge is 0.254 e. The minimum atomic E-state index is -0.0207. The summed E-state index contributed by atoms with van der Waals surface area (Å²) in [6.45, 7) is 5.91. The lowest BCUT2D eigenvalue weighted by molar-refractivity contribution is 0.0942. The fourth-order valence-electron chi connectivity index (χ4n) is 2.79. The first-order valence-electron chi connectivity index (χ1n) is 7.66. The van der Waals surface area contributed by atoms with Crippen LogP contribution in [0.25, 0.3) is 0 Å². The SMILES string of the molecule is CCNc1ccncc1C(=O)NCC1CCC(C)CC1. The van der Waals surface area contributed by atoms with E-state index in [0.717, 1.165) is 24.7 Å². The van der Waals surface area contributed by atoms with Crippen molar-refractivity contribution >= 4 is 11.6 Å². The van der Waals surface area contributed by atoms with Crippen LogP contribution in [0.4, 0.5) is 5.69 Å². The Kier molecular flexibility index (Phi) is 5.39. The number of carbonyl (C=O) groups excluding carboxylic acids is 1. The van der Waals surface area contributed by atoms with E-state index in [4.69, 9.17) is 0 Å². The molecule has 4 heteroatoms. The molecule has 1 aromatic heterocycles. The van der Waals surface area contributed by atoms with Crippen LogP contribution >= 0.6 is 0 Å². The fourth-order valence-corrected chi connectivity index (χ4v) is 2.79. The lowest BCUT2D eigenvalue weighted by Gasteiger charge is -2.26. The molecule has 1 aliphatic carbocycles. The van der Waals surface area contributed by atoms with E-state index in [1.54, 1.807) is 12.4 Å². The topological polar surface area (TPSA) is 54.0 Å². The summed E-state index contributed by atoms with van der Waals surface area (Å²) in [4.78, 5) is 16.3. The number of aromatic nitrogens is 1. The zero-order valence-corrected chi connectivity index (χ0v) is 12.5. The second kappa shape index (κ2) is 7.27. The molecule has 20 heavy (non-hydrogen) atoms. The number of pyridine rings is 1. The van der Waals surface area contributed by atoms with Gasteiger partial charge in [0.1, 0.15) is 0 Å². The number of anilines is 1. The largest absolute Gasteiger partial charge is 0.385 e. The van der Waals surface area contributed by atoms with Gasteiger partial charge in [-0.15, -0.1) is 0 Å². The second-order valence-corrected chi connectivity index (χ2v) is 5.79. The molecular weight excluding hydrogens is 250 g/mol. The summed E-state index contributed by atoms with van der Waals surface area (Å²) < 4.78 is 0. The third-order valence-electron chi connectivity index (χ3n) is 4.12. The predicted molar refractivity (Wildman–Crippen MR) is 81.9 cm³/mol. The molecule has 0 spiro atoms. The highest BCUT2D eigenvalue weighted by Gasteiger charge is 2.19. The Morgan fingerprint density at radius 3 is 2.80 bits per heavy atom. The minimum absolute atomic E-state index is 0.0207. The average Bonchev–Trinajstić information content (AvgIpc) is 2.47. The van der Waals surface area contributed by atoms with Crippen molar-refractivity contribution in [2.45, 2.75) is 39.5 Å². The Hall–Kier alpha value is -1.58. The van der Waals surface area contributed by atoms with Gasteiger partial charge in [0.15, 0.2) is 0 Å². The normalized spacial score (nSPS) is 22.3. The van der Waals surface area contributed by atoms with Gasteiger partial charge in [0.25, 0.3) is 5.91 Å². The van der Waals surface area contributed by atoms with E-state index in [9.17, 15) is 4.79 Å². The number of carbonyl (C=O) groups is 1. The minimum Gasteiger partial charge on any atom is -0.385 e. The van der Waals surface area contributed by atoms with Crippen molar-refractivity contribution in [2.24, 2.45) is 11.8 Å². The molecule has 1 aliphatic rings. The number of rotatable bonds is 5. The van der Waals surface area contributed by atoms with E-state index in [2.05, 4.69) is 22.5 Å². The van der Waals surface area contributed by atoms with E-state index >= 15 is 0 Å². The van der Waals surface area contributed by atoms with Crippen molar-refractivity contribution in [2.75, 3.05) is 18.4 Å². The van der Waals surface area contributed by atoms with Gasteiger partial charge in [0.05, 0.1) is 11.3 Å². The molecule has 0 radical (unpaired) electrons. The van der Waals surface area contributed by atoms with Crippen LogP contribution in [0.5, 0.6) is 0 Å². The fraction of sp³-hybridized carbons (Fsp3) is 0.625. The number of hydrogen-bond donors (Lipinski definition) is 2. The lowest BCUT2D eigenvalue weighted by Crippen LogP contribution is -2.31. The predicted octanol–water partition coefficient (Wildman–Crippen LogP) is 3.07. The standard InChI is InChI=1S/C16H25N3O/c1-3-18-15-8-9-17-11-14(15)16(20)19-10-13-6-4-12(2)5-7-13/h8-9,11-13H,3-7,10H2,1-2H3,(H,17,18)(H,19,20). The summed E-state index contributed by atoms with van der Waals surface area (Å²) in [7, 11) is 0. The van der Waals surface area contributed by atoms with Gasteiger partial charge in [0.2, 0.25) is 0 Å². The van der Waals surface area contributed by atoms with Crippen LogP contribution in [0.15, 0.2) is 18.5 Å². The van der Waals surface area contributed by atoms with Crippen LogP contribution in [0.2, 0.25) is 0 Å². The van der Waals surface area contributed by atoms with Crippen LogP contribution < -0.4 is 10.6 Å². The molecule has 1 saturated carbocycles. The maximum absolute atomic E-state index is 12.3. The summed E-state index contributed by atoms with van der Waals surface area (Å²) in [5.41, 5.74) is 1.50. The van der Waals surface area contributed by atoms with Crippen molar-refractivity contribution in [1.82, 2.24) is 10.3 Å². The summed E-state index contributed by atoms with van der Waals surface area (Å²) in [5, 5.41) is 6.26. The Labute approximate surface area is 121 Å². The summed E-state index contributed by atoms with van der Waals surface area (Å²) in [6, 6.07) is 1.85. The van der Waals surface area contributed by atoms with Gasteiger partial charge < -0.3 is 10.6 Å². The molecular formula is C16H25N3O. The van der Waals surface area contributed by atoms with Crippen molar-refractivity contribution in [1.29, 1.82) is 0 Å². The molecule has 1 heterocycles. The zero-order chi connectivity index (χ0) is 14.4. The maximum atomic E-state index is 12.3. The van der Waals surface area contributed by atoms with Gasteiger partial charge in [-0.05, 0) is 37.7 Å². The molecule has 0 saturated heterocycles. The van der Waals surface area contributed by atoms with Crippen molar-refractivity contribution in [3.63, 3.8) is 0 Å². The van der Waals surface area contributed by atoms with Gasteiger partial charge in [-0.1, -0.05) is 19.8 Å². The Morgan fingerprint density at radius 2 is 2.10 bits per heavy atom. The first-order chi connectivity index (χ1) is 9.70. The molecule has 110 valence electrons. The lowest BCUT2D eigenvalue weighted by atomic mass is 9.83.